The summed E-state index contributed by atoms with van der Waals surface area (Å²) >= 11 is 0. The molecule has 1 aliphatic heterocycles. The number of rotatable bonds is 6. The number of carbonyl (C=O) groups excluding carboxylic acids is 1. The Balaban J connectivity index is 1.99. The SMILES string of the molecule is COc1ccc(C(=O)Nc2cc(N3CCCCC3)c([N+](=O)[O-])cc2[N+](=O)[O-])cc1. The smallest absolute Gasteiger partial charge is 0.299 e. The van der Waals surface area contributed by atoms with Crippen molar-refractivity contribution in [2.24, 2.45) is 0 Å². The molecule has 0 unspecified atom stereocenters. The molecule has 0 aliphatic carbocycles. The summed E-state index contributed by atoms with van der Waals surface area (Å²) in [5, 5.41) is 25.5. The maximum absolute atomic E-state index is 12.6. The Labute approximate surface area is 166 Å². The van der Waals surface area contributed by atoms with E-state index in [9.17, 15) is 25.0 Å². The first-order valence-corrected chi connectivity index (χ1v) is 9.08. The fourth-order valence-electron chi connectivity index (χ4n) is 3.29. The van der Waals surface area contributed by atoms with Crippen LogP contribution in [0.15, 0.2) is 36.4 Å². The fourth-order valence-corrected chi connectivity index (χ4v) is 3.29. The van der Waals surface area contributed by atoms with Crippen LogP contribution in [-0.4, -0.2) is 36.0 Å². The quantitative estimate of drug-likeness (QED) is 0.577. The Kier molecular flexibility index (Phi) is 5.91. The van der Waals surface area contributed by atoms with E-state index < -0.39 is 21.4 Å². The monoisotopic (exact) mass is 400 g/mol. The lowest BCUT2D eigenvalue weighted by atomic mass is 10.1. The maximum Gasteiger partial charge on any atom is 0.299 e. The van der Waals surface area contributed by atoms with Crippen molar-refractivity contribution in [3.8, 4) is 5.75 Å². The number of methoxy groups -OCH3 is 1. The van der Waals surface area contributed by atoms with Gasteiger partial charge in [0.05, 0.1) is 23.0 Å². The van der Waals surface area contributed by atoms with Crippen LogP contribution in [0, 0.1) is 20.2 Å². The Hall–Kier alpha value is -3.69. The summed E-state index contributed by atoms with van der Waals surface area (Å²) < 4.78 is 5.05. The van der Waals surface area contributed by atoms with Crippen molar-refractivity contribution in [3.05, 3.63) is 62.2 Å². The minimum atomic E-state index is -0.739. The third kappa shape index (κ3) is 4.42. The second-order valence-corrected chi connectivity index (χ2v) is 6.60. The van der Waals surface area contributed by atoms with Gasteiger partial charge in [0.2, 0.25) is 0 Å². The van der Waals surface area contributed by atoms with Gasteiger partial charge in [0, 0.05) is 18.7 Å². The zero-order valence-corrected chi connectivity index (χ0v) is 15.8. The van der Waals surface area contributed by atoms with Crippen LogP contribution < -0.4 is 15.0 Å². The number of nitro groups is 2. The molecule has 0 saturated carbocycles. The van der Waals surface area contributed by atoms with Crippen molar-refractivity contribution in [2.45, 2.75) is 19.3 Å². The molecular formula is C19H20N4O6. The van der Waals surface area contributed by atoms with Gasteiger partial charge in [-0.15, -0.1) is 0 Å². The first kappa shape index (κ1) is 20.1. The van der Waals surface area contributed by atoms with E-state index in [2.05, 4.69) is 5.32 Å². The lowest BCUT2D eigenvalue weighted by molar-refractivity contribution is -0.393. The number of nitrogens with zero attached hydrogens (tertiary/aromatic N) is 3. The number of amides is 1. The van der Waals surface area contributed by atoms with Crippen molar-refractivity contribution in [1.82, 2.24) is 0 Å². The largest absolute Gasteiger partial charge is 0.497 e. The molecule has 152 valence electrons. The molecule has 1 aliphatic rings. The third-order valence-electron chi connectivity index (χ3n) is 4.78. The molecule has 0 bridgehead atoms. The van der Waals surface area contributed by atoms with Gasteiger partial charge in [-0.2, -0.15) is 0 Å². The molecular weight excluding hydrogens is 380 g/mol. The summed E-state index contributed by atoms with van der Waals surface area (Å²) in [5.41, 5.74) is -0.411. The Bertz CT molecular complexity index is 938. The molecule has 0 aromatic heterocycles. The highest BCUT2D eigenvalue weighted by atomic mass is 16.6. The highest BCUT2D eigenvalue weighted by Crippen LogP contribution is 2.39. The minimum Gasteiger partial charge on any atom is -0.497 e. The molecule has 29 heavy (non-hydrogen) atoms. The van der Waals surface area contributed by atoms with E-state index in [1.165, 1.54) is 25.3 Å². The van der Waals surface area contributed by atoms with Gasteiger partial charge < -0.3 is 15.0 Å². The van der Waals surface area contributed by atoms with Gasteiger partial charge in [0.25, 0.3) is 17.3 Å². The van der Waals surface area contributed by atoms with Crippen LogP contribution in [0.3, 0.4) is 0 Å². The number of hydrogen-bond donors (Lipinski definition) is 1. The summed E-state index contributed by atoms with van der Waals surface area (Å²) in [7, 11) is 1.50. The van der Waals surface area contributed by atoms with Crippen molar-refractivity contribution >= 4 is 28.7 Å². The second-order valence-electron chi connectivity index (χ2n) is 6.60. The van der Waals surface area contributed by atoms with Crippen molar-refractivity contribution in [2.75, 3.05) is 30.4 Å². The number of anilines is 2. The molecule has 1 fully saturated rings. The number of nitrogens with one attached hydrogen (secondary N) is 1. The van der Waals surface area contributed by atoms with E-state index in [0.717, 1.165) is 25.3 Å². The molecule has 10 heteroatoms. The zero-order valence-electron chi connectivity index (χ0n) is 15.8. The van der Waals surface area contributed by atoms with E-state index in [-0.39, 0.29) is 22.6 Å². The van der Waals surface area contributed by atoms with Gasteiger partial charge in [-0.1, -0.05) is 0 Å². The predicted molar refractivity (Wildman–Crippen MR) is 107 cm³/mol. The highest BCUT2D eigenvalue weighted by molar-refractivity contribution is 6.06. The highest BCUT2D eigenvalue weighted by Gasteiger charge is 2.29. The zero-order chi connectivity index (χ0) is 21.0. The first-order chi connectivity index (χ1) is 13.9. The summed E-state index contributed by atoms with van der Waals surface area (Å²) in [6, 6.07) is 8.47. The summed E-state index contributed by atoms with van der Waals surface area (Å²) in [4.78, 5) is 36.0. The van der Waals surface area contributed by atoms with Crippen LogP contribution in [0.5, 0.6) is 5.75 Å². The predicted octanol–water partition coefficient (Wildman–Crippen LogP) is 3.75. The van der Waals surface area contributed by atoms with Crippen LogP contribution in [0.1, 0.15) is 29.6 Å². The Morgan fingerprint density at radius 1 is 1.00 bits per heavy atom. The van der Waals surface area contributed by atoms with Gasteiger partial charge in [-0.25, -0.2) is 0 Å². The van der Waals surface area contributed by atoms with E-state index in [1.807, 2.05) is 4.90 Å². The summed E-state index contributed by atoms with van der Waals surface area (Å²) in [5.74, 6) is 0.00412. The molecule has 2 aromatic rings. The molecule has 10 nitrogen and oxygen atoms in total. The van der Waals surface area contributed by atoms with Crippen LogP contribution >= 0.6 is 0 Å². The standard InChI is InChI=1S/C19H20N4O6/c1-29-14-7-5-13(6-8-14)19(24)20-15-11-17(21-9-3-2-4-10-21)18(23(27)28)12-16(15)22(25)26/h5-8,11-12H,2-4,9-10H2,1H3,(H,20,24). The first-order valence-electron chi connectivity index (χ1n) is 9.08. The lowest BCUT2D eigenvalue weighted by Crippen LogP contribution is -2.30. The molecule has 1 N–H and O–H groups in total. The van der Waals surface area contributed by atoms with E-state index in [0.29, 0.717) is 18.8 Å². The minimum absolute atomic E-state index is 0.0815. The summed E-state index contributed by atoms with van der Waals surface area (Å²) in [6.07, 6.45) is 2.78. The number of benzene rings is 2. The number of carbonyl (C=O) groups is 1. The molecule has 1 saturated heterocycles. The summed E-state index contributed by atoms with van der Waals surface area (Å²) in [6.45, 7) is 1.23. The average molecular weight is 400 g/mol. The molecule has 1 heterocycles. The Morgan fingerprint density at radius 2 is 1.62 bits per heavy atom. The Morgan fingerprint density at radius 3 is 2.17 bits per heavy atom. The molecule has 2 aromatic carbocycles. The van der Waals surface area contributed by atoms with Crippen LogP contribution in [0.4, 0.5) is 22.7 Å². The fraction of sp³-hybridized carbons (Fsp3) is 0.316. The number of hydrogen-bond acceptors (Lipinski definition) is 7. The van der Waals surface area contributed by atoms with Crippen molar-refractivity contribution in [1.29, 1.82) is 0 Å². The van der Waals surface area contributed by atoms with Crippen molar-refractivity contribution < 1.29 is 19.4 Å². The molecule has 0 atom stereocenters. The van der Waals surface area contributed by atoms with Gasteiger partial charge in [-0.05, 0) is 49.6 Å². The maximum atomic E-state index is 12.6. The molecule has 1 amide bonds. The lowest BCUT2D eigenvalue weighted by Gasteiger charge is -2.28. The normalized spacial score (nSPS) is 13.6. The number of piperidine rings is 1. The van der Waals surface area contributed by atoms with Crippen LogP contribution in [-0.2, 0) is 0 Å². The van der Waals surface area contributed by atoms with Gasteiger partial charge in [0.15, 0.2) is 0 Å². The molecule has 0 spiro atoms. The van der Waals surface area contributed by atoms with Gasteiger partial charge in [-0.3, -0.25) is 25.0 Å². The van der Waals surface area contributed by atoms with Gasteiger partial charge in [0.1, 0.15) is 17.1 Å². The van der Waals surface area contributed by atoms with E-state index in [1.54, 1.807) is 12.1 Å². The molecule has 3 rings (SSSR count). The second kappa shape index (κ2) is 8.55. The number of nitro benzene ring substituents is 2. The molecule has 0 radical (unpaired) electrons. The van der Waals surface area contributed by atoms with E-state index >= 15 is 0 Å². The number of ether oxygens (including phenoxy) is 1. The van der Waals surface area contributed by atoms with Crippen LogP contribution in [0.25, 0.3) is 0 Å². The average Bonchev–Trinajstić information content (AvgIpc) is 2.73. The third-order valence-corrected chi connectivity index (χ3v) is 4.78. The van der Waals surface area contributed by atoms with Crippen molar-refractivity contribution in [3.63, 3.8) is 0 Å². The van der Waals surface area contributed by atoms with Crippen LogP contribution in [0.2, 0.25) is 0 Å². The topological polar surface area (TPSA) is 128 Å². The van der Waals surface area contributed by atoms with E-state index in [4.69, 9.17) is 4.74 Å². The van der Waals surface area contributed by atoms with Gasteiger partial charge >= 0.3 is 0 Å².